The van der Waals surface area contributed by atoms with E-state index < -0.39 is 0 Å². The molecule has 3 N–H and O–H groups in total. The molecule has 7 heteroatoms. The zero-order valence-corrected chi connectivity index (χ0v) is 15.2. The number of hydrogen-bond acceptors (Lipinski definition) is 4. The number of nitrogens with zero attached hydrogens (tertiary/aromatic N) is 2. The normalized spacial score (nSPS) is 18.1. The zero-order chi connectivity index (χ0) is 16.9. The molecule has 1 aromatic heterocycles. The monoisotopic (exact) mass is 364 g/mol. The molecule has 1 aliphatic heterocycles. The van der Waals surface area contributed by atoms with Crippen LogP contribution in [0.4, 0.5) is 0 Å². The Morgan fingerprint density at radius 2 is 2.25 bits per heavy atom. The lowest BCUT2D eigenvalue weighted by Crippen LogP contribution is -2.37. The average Bonchev–Trinajstić information content (AvgIpc) is 3.21. The maximum Gasteiger partial charge on any atom is 0.189 e. The molecule has 1 unspecified atom stereocenters. The highest BCUT2D eigenvalue weighted by Crippen LogP contribution is 2.28. The second-order valence-corrected chi connectivity index (χ2v) is 7.46. The van der Waals surface area contributed by atoms with Gasteiger partial charge in [0, 0.05) is 28.6 Å². The van der Waals surface area contributed by atoms with Gasteiger partial charge in [-0.2, -0.15) is 0 Å². The van der Waals surface area contributed by atoms with Crippen LogP contribution in [0.25, 0.3) is 11.3 Å². The van der Waals surface area contributed by atoms with Crippen LogP contribution < -0.4 is 11.1 Å². The molecule has 2 aromatic rings. The van der Waals surface area contributed by atoms with Gasteiger partial charge in [0.15, 0.2) is 5.96 Å². The summed E-state index contributed by atoms with van der Waals surface area (Å²) in [5.41, 5.74) is 7.96. The van der Waals surface area contributed by atoms with E-state index in [0.29, 0.717) is 19.0 Å². The smallest absolute Gasteiger partial charge is 0.189 e. The quantitative estimate of drug-likeness (QED) is 0.630. The summed E-state index contributed by atoms with van der Waals surface area (Å²) in [6.07, 6.45) is 2.45. The molecule has 0 bridgehead atoms. The molecule has 3 rings (SSSR count). The number of rotatable bonds is 5. The fourth-order valence-corrected chi connectivity index (χ4v) is 3.63. The van der Waals surface area contributed by atoms with Crippen molar-refractivity contribution < 1.29 is 4.74 Å². The zero-order valence-electron chi connectivity index (χ0n) is 13.6. The predicted molar refractivity (Wildman–Crippen MR) is 99.6 cm³/mol. The molecule has 0 radical (unpaired) electrons. The van der Waals surface area contributed by atoms with Gasteiger partial charge in [0.1, 0.15) is 5.01 Å². The van der Waals surface area contributed by atoms with E-state index in [-0.39, 0.29) is 6.10 Å². The van der Waals surface area contributed by atoms with Crippen LogP contribution in [0.15, 0.2) is 29.3 Å². The van der Waals surface area contributed by atoms with Gasteiger partial charge in [0.05, 0.1) is 18.3 Å². The Hall–Kier alpha value is -1.63. The van der Waals surface area contributed by atoms with Crippen molar-refractivity contribution in [3.05, 3.63) is 39.2 Å². The van der Waals surface area contributed by atoms with E-state index in [0.717, 1.165) is 45.6 Å². The first-order valence-corrected chi connectivity index (χ1v) is 9.19. The van der Waals surface area contributed by atoms with E-state index in [1.807, 2.05) is 24.3 Å². The molecule has 0 amide bonds. The molecule has 128 valence electrons. The van der Waals surface area contributed by atoms with E-state index in [1.54, 1.807) is 11.3 Å². The molecule has 0 spiro atoms. The van der Waals surface area contributed by atoms with Crippen LogP contribution in [-0.4, -0.2) is 30.2 Å². The van der Waals surface area contributed by atoms with Crippen LogP contribution >= 0.6 is 22.9 Å². The number of benzene rings is 1. The van der Waals surface area contributed by atoms with Gasteiger partial charge in [-0.15, -0.1) is 11.3 Å². The van der Waals surface area contributed by atoms with E-state index in [9.17, 15) is 0 Å². The standard InChI is InChI=1S/C17H21ClN4OS/c1-11-16(12-4-6-13(18)7-5-12)22-15(24-11)10-21-17(19)20-9-14-3-2-8-23-14/h4-7,14H,2-3,8-10H2,1H3,(H3,19,20,21). The van der Waals surface area contributed by atoms with Crippen molar-refractivity contribution in [2.45, 2.75) is 32.4 Å². The van der Waals surface area contributed by atoms with Crippen LogP contribution in [0.3, 0.4) is 0 Å². The molecular formula is C17H21ClN4OS. The minimum atomic E-state index is 0.248. The van der Waals surface area contributed by atoms with Gasteiger partial charge in [-0.3, -0.25) is 0 Å². The SMILES string of the molecule is Cc1sc(CN=C(N)NCC2CCCO2)nc1-c1ccc(Cl)cc1. The maximum atomic E-state index is 5.94. The first-order valence-electron chi connectivity index (χ1n) is 7.99. The topological polar surface area (TPSA) is 72.5 Å². The summed E-state index contributed by atoms with van der Waals surface area (Å²) >= 11 is 7.58. The van der Waals surface area contributed by atoms with Crippen molar-refractivity contribution in [1.29, 1.82) is 0 Å². The lowest BCUT2D eigenvalue weighted by atomic mass is 10.1. The van der Waals surface area contributed by atoms with Crippen LogP contribution in [0.5, 0.6) is 0 Å². The minimum Gasteiger partial charge on any atom is -0.376 e. The van der Waals surface area contributed by atoms with Gasteiger partial charge in [0.25, 0.3) is 0 Å². The van der Waals surface area contributed by atoms with Crippen molar-refractivity contribution in [3.8, 4) is 11.3 Å². The Kier molecular flexibility index (Phi) is 5.71. The lowest BCUT2D eigenvalue weighted by Gasteiger charge is -2.10. The van der Waals surface area contributed by atoms with Gasteiger partial charge < -0.3 is 15.8 Å². The van der Waals surface area contributed by atoms with Crippen molar-refractivity contribution in [1.82, 2.24) is 10.3 Å². The summed E-state index contributed by atoms with van der Waals surface area (Å²) in [4.78, 5) is 10.2. The van der Waals surface area contributed by atoms with E-state index in [4.69, 9.17) is 22.1 Å². The summed E-state index contributed by atoms with van der Waals surface area (Å²) in [6.45, 7) is 4.09. The Labute approximate surface area is 150 Å². The maximum absolute atomic E-state index is 5.94. The first-order chi connectivity index (χ1) is 11.6. The van der Waals surface area contributed by atoms with Crippen molar-refractivity contribution in [2.24, 2.45) is 10.7 Å². The highest BCUT2D eigenvalue weighted by atomic mass is 35.5. The van der Waals surface area contributed by atoms with Crippen LogP contribution in [0.1, 0.15) is 22.7 Å². The van der Waals surface area contributed by atoms with E-state index >= 15 is 0 Å². The van der Waals surface area contributed by atoms with Crippen molar-refractivity contribution in [2.75, 3.05) is 13.2 Å². The minimum absolute atomic E-state index is 0.248. The number of ether oxygens (including phenoxy) is 1. The van der Waals surface area contributed by atoms with Crippen molar-refractivity contribution >= 4 is 28.9 Å². The van der Waals surface area contributed by atoms with Crippen molar-refractivity contribution in [3.63, 3.8) is 0 Å². The fourth-order valence-electron chi connectivity index (χ4n) is 2.63. The Bertz CT molecular complexity index is 708. The second kappa shape index (κ2) is 7.96. The largest absolute Gasteiger partial charge is 0.376 e. The van der Waals surface area contributed by atoms with Gasteiger partial charge in [-0.1, -0.05) is 23.7 Å². The molecule has 1 aromatic carbocycles. The predicted octanol–water partition coefficient (Wildman–Crippen LogP) is 3.36. The number of aryl methyl sites for hydroxylation is 1. The fraction of sp³-hybridized carbons (Fsp3) is 0.412. The molecule has 1 fully saturated rings. The third-order valence-corrected chi connectivity index (χ3v) is 5.09. The lowest BCUT2D eigenvalue weighted by molar-refractivity contribution is 0.114. The summed E-state index contributed by atoms with van der Waals surface area (Å²) in [5.74, 6) is 0.436. The highest BCUT2D eigenvalue weighted by Gasteiger charge is 2.15. The number of halogens is 1. The van der Waals surface area contributed by atoms with Gasteiger partial charge in [0.2, 0.25) is 0 Å². The number of thiazole rings is 1. The number of aliphatic imine (C=N–C) groups is 1. The summed E-state index contributed by atoms with van der Waals surface area (Å²) in [5, 5.41) is 4.79. The van der Waals surface area contributed by atoms with Crippen LogP contribution in [-0.2, 0) is 11.3 Å². The first kappa shape index (κ1) is 17.2. The van der Waals surface area contributed by atoms with E-state index in [2.05, 4.69) is 22.2 Å². The molecule has 0 saturated carbocycles. The highest BCUT2D eigenvalue weighted by molar-refractivity contribution is 7.12. The molecule has 0 aliphatic carbocycles. The van der Waals surface area contributed by atoms with E-state index in [1.165, 1.54) is 0 Å². The molecular weight excluding hydrogens is 344 g/mol. The molecule has 1 saturated heterocycles. The van der Waals surface area contributed by atoms with Gasteiger partial charge in [-0.05, 0) is 31.9 Å². The Morgan fingerprint density at radius 3 is 2.96 bits per heavy atom. The average molecular weight is 365 g/mol. The number of aromatic nitrogens is 1. The third kappa shape index (κ3) is 4.47. The van der Waals surface area contributed by atoms with Crippen LogP contribution in [0, 0.1) is 6.92 Å². The molecule has 1 atom stereocenters. The molecule has 5 nitrogen and oxygen atoms in total. The second-order valence-electron chi connectivity index (χ2n) is 5.74. The molecule has 2 heterocycles. The van der Waals surface area contributed by atoms with Gasteiger partial charge in [-0.25, -0.2) is 9.98 Å². The Balaban J connectivity index is 1.60. The number of nitrogens with two attached hydrogens (primary N) is 1. The number of nitrogens with one attached hydrogen (secondary N) is 1. The third-order valence-electron chi connectivity index (χ3n) is 3.88. The summed E-state index contributed by atoms with van der Waals surface area (Å²) in [7, 11) is 0. The van der Waals surface area contributed by atoms with Crippen LogP contribution in [0.2, 0.25) is 5.02 Å². The van der Waals surface area contributed by atoms with Gasteiger partial charge >= 0.3 is 0 Å². The Morgan fingerprint density at radius 1 is 1.46 bits per heavy atom. The number of guanidine groups is 1. The molecule has 1 aliphatic rings. The number of hydrogen-bond donors (Lipinski definition) is 2. The summed E-state index contributed by atoms with van der Waals surface area (Å²) < 4.78 is 5.55. The summed E-state index contributed by atoms with van der Waals surface area (Å²) in [6, 6.07) is 7.71. The molecule has 24 heavy (non-hydrogen) atoms.